The Kier molecular flexibility index (Phi) is 3.12. The third kappa shape index (κ3) is 2.29. The molecule has 0 radical (unpaired) electrons. The van der Waals surface area contributed by atoms with Crippen LogP contribution in [-0.2, 0) is 0 Å². The summed E-state index contributed by atoms with van der Waals surface area (Å²) in [7, 11) is 0. The fraction of sp³-hybridized carbons (Fsp3) is 0.500. The third-order valence-electron chi connectivity index (χ3n) is 3.61. The highest BCUT2D eigenvalue weighted by atomic mass is 32.1. The van der Waals surface area contributed by atoms with Crippen LogP contribution in [0.2, 0.25) is 0 Å². The van der Waals surface area contributed by atoms with Gasteiger partial charge in [-0.05, 0) is 32.8 Å². The van der Waals surface area contributed by atoms with Gasteiger partial charge in [-0.1, -0.05) is 12.8 Å². The summed E-state index contributed by atoms with van der Waals surface area (Å²) >= 11 is 1.71. The van der Waals surface area contributed by atoms with Crippen LogP contribution in [0.25, 0.3) is 11.3 Å². The highest BCUT2D eigenvalue weighted by Crippen LogP contribution is 2.30. The molecule has 0 atom stereocenters. The van der Waals surface area contributed by atoms with Gasteiger partial charge in [-0.25, -0.2) is 4.98 Å². The van der Waals surface area contributed by atoms with Crippen molar-refractivity contribution < 1.29 is 0 Å². The number of nitrogens with one attached hydrogen (secondary N) is 2. The number of aromatic nitrogens is 2. The van der Waals surface area contributed by atoms with E-state index in [-0.39, 0.29) is 0 Å². The maximum absolute atomic E-state index is 4.71. The van der Waals surface area contributed by atoms with Gasteiger partial charge >= 0.3 is 0 Å². The van der Waals surface area contributed by atoms with Crippen LogP contribution in [0, 0.1) is 13.8 Å². The molecule has 2 aromatic heterocycles. The first-order valence-electron chi connectivity index (χ1n) is 6.61. The van der Waals surface area contributed by atoms with E-state index in [0.717, 1.165) is 10.8 Å². The molecule has 2 aromatic rings. The maximum atomic E-state index is 4.71. The van der Waals surface area contributed by atoms with Gasteiger partial charge in [0.1, 0.15) is 0 Å². The lowest BCUT2D eigenvalue weighted by molar-refractivity contribution is 0.754. The van der Waals surface area contributed by atoms with E-state index in [0.29, 0.717) is 6.04 Å². The molecule has 0 aromatic carbocycles. The molecule has 1 aliphatic carbocycles. The summed E-state index contributed by atoms with van der Waals surface area (Å²) in [4.78, 5) is 8.04. The average molecular weight is 261 g/mol. The second-order valence-electron chi connectivity index (χ2n) is 5.15. The summed E-state index contributed by atoms with van der Waals surface area (Å²) in [6.07, 6.45) is 5.28. The van der Waals surface area contributed by atoms with Crippen LogP contribution in [0.15, 0.2) is 11.4 Å². The van der Waals surface area contributed by atoms with Gasteiger partial charge in [0.25, 0.3) is 0 Å². The SMILES string of the molecule is Cc1cc(-c2csc(NC3CCCC3)n2)c(C)[nH]1. The molecule has 1 fully saturated rings. The first-order chi connectivity index (χ1) is 8.72. The number of thiazole rings is 1. The smallest absolute Gasteiger partial charge is 0.183 e. The zero-order valence-corrected chi connectivity index (χ0v) is 11.7. The number of rotatable bonds is 3. The molecule has 2 heterocycles. The Labute approximate surface area is 112 Å². The van der Waals surface area contributed by atoms with Gasteiger partial charge in [0, 0.05) is 28.4 Å². The van der Waals surface area contributed by atoms with Crippen LogP contribution in [0.3, 0.4) is 0 Å². The average Bonchev–Trinajstić information content (AvgIpc) is 3.01. The zero-order chi connectivity index (χ0) is 12.5. The molecular weight excluding hydrogens is 242 g/mol. The lowest BCUT2D eigenvalue weighted by Gasteiger charge is -2.09. The van der Waals surface area contributed by atoms with E-state index in [1.807, 2.05) is 0 Å². The van der Waals surface area contributed by atoms with Crippen molar-refractivity contribution in [3.05, 3.63) is 22.8 Å². The number of H-pyrrole nitrogens is 1. The molecule has 0 spiro atoms. The van der Waals surface area contributed by atoms with Gasteiger partial charge in [-0.15, -0.1) is 11.3 Å². The first-order valence-corrected chi connectivity index (χ1v) is 7.49. The van der Waals surface area contributed by atoms with Gasteiger partial charge in [0.2, 0.25) is 0 Å². The van der Waals surface area contributed by atoms with Gasteiger partial charge in [-0.2, -0.15) is 0 Å². The zero-order valence-electron chi connectivity index (χ0n) is 10.9. The van der Waals surface area contributed by atoms with Crippen molar-refractivity contribution >= 4 is 16.5 Å². The van der Waals surface area contributed by atoms with Crippen molar-refractivity contribution in [2.45, 2.75) is 45.6 Å². The van der Waals surface area contributed by atoms with Crippen molar-refractivity contribution in [1.29, 1.82) is 0 Å². The molecule has 0 unspecified atom stereocenters. The van der Waals surface area contributed by atoms with E-state index < -0.39 is 0 Å². The predicted octanol–water partition coefficient (Wildman–Crippen LogP) is 4.11. The van der Waals surface area contributed by atoms with Crippen LogP contribution < -0.4 is 5.32 Å². The normalized spacial score (nSPS) is 16.3. The quantitative estimate of drug-likeness (QED) is 0.873. The Bertz CT molecular complexity index is 535. The van der Waals surface area contributed by atoms with Crippen molar-refractivity contribution in [1.82, 2.24) is 9.97 Å². The fourth-order valence-electron chi connectivity index (χ4n) is 2.70. The molecule has 4 heteroatoms. The predicted molar refractivity (Wildman–Crippen MR) is 77.3 cm³/mol. The Morgan fingerprint density at radius 3 is 2.78 bits per heavy atom. The topological polar surface area (TPSA) is 40.7 Å². The molecule has 0 amide bonds. The highest BCUT2D eigenvalue weighted by molar-refractivity contribution is 7.14. The summed E-state index contributed by atoms with van der Waals surface area (Å²) in [5.74, 6) is 0. The number of aryl methyl sites for hydroxylation is 2. The van der Waals surface area contributed by atoms with Crippen LogP contribution in [-0.4, -0.2) is 16.0 Å². The lowest BCUT2D eigenvalue weighted by atomic mass is 10.2. The van der Waals surface area contributed by atoms with Crippen LogP contribution in [0.4, 0.5) is 5.13 Å². The molecule has 3 nitrogen and oxygen atoms in total. The largest absolute Gasteiger partial charge is 0.362 e. The third-order valence-corrected chi connectivity index (χ3v) is 4.39. The Balaban J connectivity index is 1.78. The van der Waals surface area contributed by atoms with E-state index in [4.69, 9.17) is 4.98 Å². The first kappa shape index (κ1) is 11.8. The lowest BCUT2D eigenvalue weighted by Crippen LogP contribution is -2.13. The van der Waals surface area contributed by atoms with E-state index in [1.54, 1.807) is 11.3 Å². The van der Waals surface area contributed by atoms with E-state index >= 15 is 0 Å². The molecule has 18 heavy (non-hydrogen) atoms. The number of hydrogen-bond acceptors (Lipinski definition) is 3. The maximum Gasteiger partial charge on any atom is 0.183 e. The number of nitrogens with zero attached hydrogens (tertiary/aromatic N) is 1. The summed E-state index contributed by atoms with van der Waals surface area (Å²) in [6, 6.07) is 2.81. The van der Waals surface area contributed by atoms with Crippen LogP contribution >= 0.6 is 11.3 Å². The molecule has 1 saturated carbocycles. The van der Waals surface area contributed by atoms with Crippen LogP contribution in [0.5, 0.6) is 0 Å². The van der Waals surface area contributed by atoms with Gasteiger partial charge in [0.15, 0.2) is 5.13 Å². The minimum absolute atomic E-state index is 0.637. The second kappa shape index (κ2) is 4.76. The monoisotopic (exact) mass is 261 g/mol. The molecule has 96 valence electrons. The fourth-order valence-corrected chi connectivity index (χ4v) is 3.49. The molecular formula is C14H19N3S. The number of hydrogen-bond donors (Lipinski definition) is 2. The van der Waals surface area contributed by atoms with E-state index in [2.05, 4.69) is 35.6 Å². The van der Waals surface area contributed by atoms with Gasteiger partial charge in [-0.3, -0.25) is 0 Å². The highest BCUT2D eigenvalue weighted by Gasteiger charge is 2.16. The minimum Gasteiger partial charge on any atom is -0.362 e. The van der Waals surface area contributed by atoms with Crippen molar-refractivity contribution in [3.8, 4) is 11.3 Å². The summed E-state index contributed by atoms with van der Waals surface area (Å²) in [5, 5.41) is 6.77. The molecule has 0 saturated heterocycles. The van der Waals surface area contributed by atoms with E-state index in [9.17, 15) is 0 Å². The van der Waals surface area contributed by atoms with Gasteiger partial charge < -0.3 is 10.3 Å². The second-order valence-corrected chi connectivity index (χ2v) is 6.01. The minimum atomic E-state index is 0.637. The number of anilines is 1. The summed E-state index contributed by atoms with van der Waals surface area (Å²) in [6.45, 7) is 4.19. The van der Waals surface area contributed by atoms with Crippen molar-refractivity contribution in [2.24, 2.45) is 0 Å². The van der Waals surface area contributed by atoms with Gasteiger partial charge in [0.05, 0.1) is 5.69 Å². The van der Waals surface area contributed by atoms with Crippen molar-refractivity contribution in [3.63, 3.8) is 0 Å². The molecule has 3 rings (SSSR count). The molecule has 0 bridgehead atoms. The Hall–Kier alpha value is -1.29. The molecule has 1 aliphatic rings. The van der Waals surface area contributed by atoms with Crippen LogP contribution in [0.1, 0.15) is 37.1 Å². The Morgan fingerprint density at radius 2 is 2.11 bits per heavy atom. The summed E-state index contributed by atoms with van der Waals surface area (Å²) in [5.41, 5.74) is 4.71. The van der Waals surface area contributed by atoms with Crippen molar-refractivity contribution in [2.75, 3.05) is 5.32 Å². The molecule has 2 N–H and O–H groups in total. The Morgan fingerprint density at radius 1 is 1.33 bits per heavy atom. The number of aromatic amines is 1. The van der Waals surface area contributed by atoms with E-state index in [1.165, 1.54) is 42.6 Å². The molecule has 0 aliphatic heterocycles. The summed E-state index contributed by atoms with van der Waals surface area (Å²) < 4.78 is 0. The standard InChI is InChI=1S/C14H19N3S/c1-9-7-12(10(2)15-9)13-8-18-14(17-13)16-11-5-3-4-6-11/h7-8,11,15H,3-6H2,1-2H3,(H,16,17).